The average molecular weight is 493 g/mol. The summed E-state index contributed by atoms with van der Waals surface area (Å²) >= 11 is 4.21. The van der Waals surface area contributed by atoms with Gasteiger partial charge < -0.3 is 10.6 Å². The molecule has 1 unspecified atom stereocenters. The van der Waals surface area contributed by atoms with E-state index in [0.29, 0.717) is 6.04 Å². The van der Waals surface area contributed by atoms with Crippen LogP contribution >= 0.6 is 57.9 Å². The lowest BCUT2D eigenvalue weighted by Gasteiger charge is -2.16. The number of guanidine groups is 1. The van der Waals surface area contributed by atoms with Crippen molar-refractivity contribution in [2.45, 2.75) is 32.7 Å². The smallest absolute Gasteiger partial charge is 0.191 e. The van der Waals surface area contributed by atoms with E-state index in [2.05, 4.69) is 64.2 Å². The quantitative estimate of drug-likeness (QED) is 0.375. The molecule has 0 fully saturated rings. The van der Waals surface area contributed by atoms with E-state index in [1.54, 1.807) is 0 Å². The van der Waals surface area contributed by atoms with Crippen LogP contribution in [0.1, 0.15) is 25.1 Å². The van der Waals surface area contributed by atoms with Gasteiger partial charge in [-0.25, -0.2) is 0 Å². The van der Waals surface area contributed by atoms with E-state index in [9.17, 15) is 0 Å². The second-order valence-corrected chi connectivity index (χ2v) is 6.97. The van der Waals surface area contributed by atoms with Crippen molar-refractivity contribution in [1.29, 1.82) is 0 Å². The van der Waals surface area contributed by atoms with Crippen LogP contribution in [-0.2, 0) is 6.42 Å². The molecule has 1 aromatic heterocycles. The van der Waals surface area contributed by atoms with Gasteiger partial charge in [-0.05, 0) is 54.5 Å². The molecule has 0 radical (unpaired) electrons. The van der Waals surface area contributed by atoms with Gasteiger partial charge in [0.2, 0.25) is 0 Å². The molecular weight excluding hydrogens is 472 g/mol. The number of nitrogens with one attached hydrogen (secondary N) is 2. The Morgan fingerprint density at radius 2 is 2.22 bits per heavy atom. The van der Waals surface area contributed by atoms with E-state index >= 15 is 0 Å². The fourth-order valence-corrected chi connectivity index (χ4v) is 3.08. The first-order chi connectivity index (χ1) is 8.15. The lowest BCUT2D eigenvalue weighted by atomic mass is 10.3. The number of nitrogens with zero attached hydrogens (tertiary/aromatic N) is 1. The summed E-state index contributed by atoms with van der Waals surface area (Å²) in [5.41, 5.74) is 0. The highest BCUT2D eigenvalue weighted by Crippen LogP contribution is 2.18. The number of hydrogen-bond donors (Lipinski definition) is 2. The monoisotopic (exact) mass is 493 g/mol. The zero-order chi connectivity index (χ0) is 12.7. The van der Waals surface area contributed by atoms with Gasteiger partial charge in [0.1, 0.15) is 0 Å². The number of aliphatic imine (C=N–C) groups is 1. The molecule has 104 valence electrons. The van der Waals surface area contributed by atoms with Crippen molar-refractivity contribution in [2.75, 3.05) is 13.6 Å². The normalized spacial score (nSPS) is 12.8. The Morgan fingerprint density at radius 1 is 1.50 bits per heavy atom. The van der Waals surface area contributed by atoms with Gasteiger partial charge in [-0.1, -0.05) is 6.92 Å². The summed E-state index contributed by atoms with van der Waals surface area (Å²) in [5.74, 6) is 0.894. The Kier molecular flexibility index (Phi) is 10.5. The fraction of sp³-hybridized carbons (Fsp3) is 0.583. The van der Waals surface area contributed by atoms with E-state index in [0.717, 1.165) is 25.3 Å². The molecule has 1 atom stereocenters. The third-order valence-corrected chi connectivity index (χ3v) is 4.47. The molecule has 0 saturated heterocycles. The highest BCUT2D eigenvalue weighted by Gasteiger charge is 2.02. The summed E-state index contributed by atoms with van der Waals surface area (Å²) < 4.78 is 1.35. The van der Waals surface area contributed by atoms with E-state index in [1.807, 2.05) is 18.4 Å². The molecule has 2 N–H and O–H groups in total. The van der Waals surface area contributed by atoms with Gasteiger partial charge in [0.15, 0.2) is 5.96 Å². The van der Waals surface area contributed by atoms with Crippen LogP contribution in [0.15, 0.2) is 17.1 Å². The number of thiophene rings is 1. The van der Waals surface area contributed by atoms with Crippen molar-refractivity contribution in [3.8, 4) is 0 Å². The van der Waals surface area contributed by atoms with Gasteiger partial charge in [0.05, 0.1) is 2.88 Å². The SMILES string of the molecule is CCC(C)NC(=NC)NCCc1ccc(I)s1.I. The second kappa shape index (κ2) is 10.2. The molecule has 0 aromatic carbocycles. The predicted molar refractivity (Wildman–Crippen MR) is 100 cm³/mol. The summed E-state index contributed by atoms with van der Waals surface area (Å²) in [6.07, 6.45) is 2.15. The van der Waals surface area contributed by atoms with Crippen LogP contribution in [0.25, 0.3) is 0 Å². The third-order valence-electron chi connectivity index (χ3n) is 2.51. The van der Waals surface area contributed by atoms with Crippen LogP contribution in [-0.4, -0.2) is 25.6 Å². The molecule has 3 nitrogen and oxygen atoms in total. The van der Waals surface area contributed by atoms with Crippen LogP contribution in [0.3, 0.4) is 0 Å². The van der Waals surface area contributed by atoms with Gasteiger partial charge >= 0.3 is 0 Å². The maximum Gasteiger partial charge on any atom is 0.191 e. The highest BCUT2D eigenvalue weighted by atomic mass is 127. The predicted octanol–water partition coefficient (Wildman–Crippen LogP) is 3.48. The van der Waals surface area contributed by atoms with Gasteiger partial charge in [0.25, 0.3) is 0 Å². The van der Waals surface area contributed by atoms with E-state index in [1.165, 1.54) is 7.76 Å². The molecule has 1 rings (SSSR count). The number of hydrogen-bond acceptors (Lipinski definition) is 2. The largest absolute Gasteiger partial charge is 0.356 e. The van der Waals surface area contributed by atoms with Crippen molar-refractivity contribution >= 4 is 63.9 Å². The Hall–Kier alpha value is 0.430. The Labute approximate surface area is 144 Å². The van der Waals surface area contributed by atoms with Gasteiger partial charge in [-0.2, -0.15) is 0 Å². The molecule has 0 aliphatic rings. The molecule has 0 amide bonds. The lowest BCUT2D eigenvalue weighted by molar-refractivity contribution is 0.624. The van der Waals surface area contributed by atoms with E-state index < -0.39 is 0 Å². The lowest BCUT2D eigenvalue weighted by Crippen LogP contribution is -2.42. The molecule has 0 saturated carbocycles. The van der Waals surface area contributed by atoms with Crippen molar-refractivity contribution in [1.82, 2.24) is 10.6 Å². The van der Waals surface area contributed by atoms with Crippen molar-refractivity contribution in [2.24, 2.45) is 4.99 Å². The molecular formula is C12H21I2N3S. The summed E-state index contributed by atoms with van der Waals surface area (Å²) in [6, 6.07) is 4.81. The minimum Gasteiger partial charge on any atom is -0.356 e. The average Bonchev–Trinajstić information content (AvgIpc) is 2.73. The molecule has 0 aliphatic carbocycles. The topological polar surface area (TPSA) is 36.4 Å². The van der Waals surface area contributed by atoms with Crippen LogP contribution in [0, 0.1) is 2.88 Å². The second-order valence-electron chi connectivity index (χ2n) is 3.91. The third kappa shape index (κ3) is 7.13. The fourth-order valence-electron chi connectivity index (χ4n) is 1.32. The number of rotatable bonds is 5. The Morgan fingerprint density at radius 3 is 2.72 bits per heavy atom. The van der Waals surface area contributed by atoms with Crippen molar-refractivity contribution in [3.05, 3.63) is 19.9 Å². The van der Waals surface area contributed by atoms with Crippen molar-refractivity contribution in [3.63, 3.8) is 0 Å². The summed E-state index contributed by atoms with van der Waals surface area (Å²) in [6.45, 7) is 5.25. The van der Waals surface area contributed by atoms with Crippen LogP contribution in [0.2, 0.25) is 0 Å². The standard InChI is InChI=1S/C12H20IN3S.HI/c1-4-9(2)16-12(14-3)15-8-7-10-5-6-11(13)17-10;/h5-6,9H,4,7-8H2,1-3H3,(H2,14,15,16);1H. The van der Waals surface area contributed by atoms with Gasteiger partial charge in [-0.3, -0.25) is 4.99 Å². The minimum absolute atomic E-state index is 0. The summed E-state index contributed by atoms with van der Waals surface area (Å²) in [7, 11) is 1.81. The van der Waals surface area contributed by atoms with E-state index in [4.69, 9.17) is 0 Å². The maximum atomic E-state index is 4.21. The molecule has 0 bridgehead atoms. The Bertz CT molecular complexity index is 366. The summed E-state index contributed by atoms with van der Waals surface area (Å²) in [5, 5.41) is 6.68. The van der Waals surface area contributed by atoms with Crippen LogP contribution < -0.4 is 10.6 Å². The highest BCUT2D eigenvalue weighted by molar-refractivity contribution is 14.1. The zero-order valence-electron chi connectivity index (χ0n) is 11.0. The molecule has 0 aliphatic heterocycles. The maximum absolute atomic E-state index is 4.21. The molecule has 6 heteroatoms. The minimum atomic E-state index is 0. The number of halogens is 2. The molecule has 0 spiro atoms. The molecule has 1 aromatic rings. The molecule has 1 heterocycles. The first-order valence-corrected chi connectivity index (χ1v) is 7.76. The Balaban J connectivity index is 0.00000289. The van der Waals surface area contributed by atoms with Crippen LogP contribution in [0.4, 0.5) is 0 Å². The van der Waals surface area contributed by atoms with Crippen LogP contribution in [0.5, 0.6) is 0 Å². The summed E-state index contributed by atoms with van der Waals surface area (Å²) in [4.78, 5) is 5.63. The van der Waals surface area contributed by atoms with Gasteiger partial charge in [-0.15, -0.1) is 35.3 Å². The first-order valence-electron chi connectivity index (χ1n) is 5.87. The van der Waals surface area contributed by atoms with E-state index in [-0.39, 0.29) is 24.0 Å². The zero-order valence-corrected chi connectivity index (χ0v) is 16.3. The molecule has 18 heavy (non-hydrogen) atoms. The van der Waals surface area contributed by atoms with Gasteiger partial charge in [0, 0.05) is 24.5 Å². The van der Waals surface area contributed by atoms with Crippen molar-refractivity contribution < 1.29 is 0 Å². The first kappa shape index (κ1) is 18.4.